The molecule has 0 saturated carbocycles. The van der Waals surface area contributed by atoms with Crippen LogP contribution in [0.15, 0.2) is 78.9 Å². The molecule has 0 fully saturated rings. The van der Waals surface area contributed by atoms with E-state index in [-0.39, 0.29) is 11.8 Å². The van der Waals surface area contributed by atoms with E-state index < -0.39 is 0 Å². The molecule has 0 aliphatic rings. The fourth-order valence-electron chi connectivity index (χ4n) is 2.62. The third-order valence-corrected chi connectivity index (χ3v) is 3.91. The first-order valence-electron chi connectivity index (χ1n) is 8.42. The molecule has 26 heavy (non-hydrogen) atoms. The molecule has 0 spiro atoms. The maximum absolute atomic E-state index is 12.3. The van der Waals surface area contributed by atoms with E-state index >= 15 is 0 Å². The number of carbonyl (C=O) groups excluding carboxylic acids is 2. The van der Waals surface area contributed by atoms with Crippen LogP contribution in [0.3, 0.4) is 0 Å². The predicted molar refractivity (Wildman–Crippen MR) is 104 cm³/mol. The summed E-state index contributed by atoms with van der Waals surface area (Å²) in [5.41, 5.74) is 4.00. The fourth-order valence-corrected chi connectivity index (χ4v) is 2.62. The molecule has 2 amide bonds. The zero-order valence-electron chi connectivity index (χ0n) is 14.5. The number of hydrogen-bond donors (Lipinski definition) is 2. The summed E-state index contributed by atoms with van der Waals surface area (Å²) in [4.78, 5) is 24.4. The smallest absolute Gasteiger partial charge is 0.255 e. The van der Waals surface area contributed by atoms with Crippen molar-refractivity contribution in [3.8, 4) is 0 Å². The van der Waals surface area contributed by atoms with Gasteiger partial charge in [-0.1, -0.05) is 42.5 Å². The zero-order valence-corrected chi connectivity index (χ0v) is 14.5. The summed E-state index contributed by atoms with van der Waals surface area (Å²) < 4.78 is 0. The third-order valence-electron chi connectivity index (χ3n) is 3.91. The van der Waals surface area contributed by atoms with Crippen LogP contribution in [-0.4, -0.2) is 11.8 Å². The average molecular weight is 344 g/mol. The van der Waals surface area contributed by atoms with Crippen LogP contribution in [0.25, 0.3) is 0 Å². The number of anilines is 2. The van der Waals surface area contributed by atoms with E-state index in [0.29, 0.717) is 17.7 Å². The van der Waals surface area contributed by atoms with Crippen LogP contribution in [0.2, 0.25) is 0 Å². The maximum Gasteiger partial charge on any atom is 0.255 e. The standard InChI is InChI=1S/C22H20N2O2/c1-16-6-5-9-20(14-16)24-22(26)18-10-12-19(13-11-18)23-21(25)15-17-7-3-2-4-8-17/h2-14H,15H2,1H3,(H,23,25)(H,24,26). The normalized spacial score (nSPS) is 10.2. The highest BCUT2D eigenvalue weighted by Gasteiger charge is 2.08. The van der Waals surface area contributed by atoms with Crippen molar-refractivity contribution in [1.82, 2.24) is 0 Å². The monoisotopic (exact) mass is 344 g/mol. The number of hydrogen-bond acceptors (Lipinski definition) is 2. The van der Waals surface area contributed by atoms with Crippen LogP contribution < -0.4 is 10.6 Å². The minimum absolute atomic E-state index is 0.0897. The van der Waals surface area contributed by atoms with Gasteiger partial charge in [-0.15, -0.1) is 0 Å². The molecule has 0 saturated heterocycles. The second kappa shape index (κ2) is 8.12. The Balaban J connectivity index is 1.59. The van der Waals surface area contributed by atoms with Gasteiger partial charge in [-0.25, -0.2) is 0 Å². The summed E-state index contributed by atoms with van der Waals surface area (Å²) >= 11 is 0. The zero-order chi connectivity index (χ0) is 18.4. The van der Waals surface area contributed by atoms with Gasteiger partial charge in [-0.2, -0.15) is 0 Å². The van der Waals surface area contributed by atoms with Crippen molar-refractivity contribution in [1.29, 1.82) is 0 Å². The Labute approximate surface area is 152 Å². The van der Waals surface area contributed by atoms with Gasteiger partial charge >= 0.3 is 0 Å². The first-order valence-corrected chi connectivity index (χ1v) is 8.42. The van der Waals surface area contributed by atoms with Gasteiger partial charge in [-0.3, -0.25) is 9.59 Å². The first kappa shape index (κ1) is 17.4. The lowest BCUT2D eigenvalue weighted by Crippen LogP contribution is -2.15. The van der Waals surface area contributed by atoms with E-state index in [2.05, 4.69) is 10.6 Å². The SMILES string of the molecule is Cc1cccc(NC(=O)c2ccc(NC(=O)Cc3ccccc3)cc2)c1. The molecule has 0 aliphatic heterocycles. The quantitative estimate of drug-likeness (QED) is 0.719. The molecule has 0 heterocycles. The number of nitrogens with one attached hydrogen (secondary N) is 2. The van der Waals surface area contributed by atoms with E-state index in [1.807, 2.05) is 61.5 Å². The molecule has 3 aromatic carbocycles. The highest BCUT2D eigenvalue weighted by Crippen LogP contribution is 2.14. The third kappa shape index (κ3) is 4.80. The van der Waals surface area contributed by atoms with Crippen molar-refractivity contribution in [2.75, 3.05) is 10.6 Å². The van der Waals surface area contributed by atoms with E-state index in [9.17, 15) is 9.59 Å². The van der Waals surface area contributed by atoms with Crippen molar-refractivity contribution in [2.45, 2.75) is 13.3 Å². The molecule has 3 aromatic rings. The van der Waals surface area contributed by atoms with Crippen LogP contribution in [0.1, 0.15) is 21.5 Å². The predicted octanol–water partition coefficient (Wildman–Crippen LogP) is 4.43. The van der Waals surface area contributed by atoms with Gasteiger partial charge in [0.15, 0.2) is 0 Å². The number of amides is 2. The Morgan fingerprint density at radius 1 is 0.769 bits per heavy atom. The first-order chi connectivity index (χ1) is 12.6. The molecule has 0 atom stereocenters. The summed E-state index contributed by atoms with van der Waals surface area (Å²) in [6.07, 6.45) is 0.316. The highest BCUT2D eigenvalue weighted by atomic mass is 16.2. The van der Waals surface area contributed by atoms with Gasteiger partial charge in [0.1, 0.15) is 0 Å². The van der Waals surface area contributed by atoms with Crippen LogP contribution >= 0.6 is 0 Å². The van der Waals surface area contributed by atoms with Gasteiger partial charge in [0.2, 0.25) is 5.91 Å². The van der Waals surface area contributed by atoms with Gasteiger partial charge in [-0.05, 0) is 54.4 Å². The molecule has 0 unspecified atom stereocenters. The minimum atomic E-state index is -0.183. The second-order valence-electron chi connectivity index (χ2n) is 6.11. The molecular weight excluding hydrogens is 324 g/mol. The number of benzene rings is 3. The van der Waals surface area contributed by atoms with E-state index in [1.165, 1.54) is 0 Å². The Morgan fingerprint density at radius 3 is 2.19 bits per heavy atom. The van der Waals surface area contributed by atoms with Gasteiger partial charge in [0.25, 0.3) is 5.91 Å². The van der Waals surface area contributed by atoms with Crippen molar-refractivity contribution in [3.63, 3.8) is 0 Å². The van der Waals surface area contributed by atoms with Crippen LogP contribution in [0, 0.1) is 6.92 Å². The molecule has 2 N–H and O–H groups in total. The highest BCUT2D eigenvalue weighted by molar-refractivity contribution is 6.04. The van der Waals surface area contributed by atoms with Crippen molar-refractivity contribution in [2.24, 2.45) is 0 Å². The summed E-state index contributed by atoms with van der Waals surface area (Å²) in [6, 6.07) is 24.1. The van der Waals surface area contributed by atoms with Crippen LogP contribution in [-0.2, 0) is 11.2 Å². The average Bonchev–Trinajstić information content (AvgIpc) is 2.63. The largest absolute Gasteiger partial charge is 0.326 e. The molecule has 4 heteroatoms. The Hall–Kier alpha value is -3.40. The minimum Gasteiger partial charge on any atom is -0.326 e. The van der Waals surface area contributed by atoms with Crippen molar-refractivity contribution >= 4 is 23.2 Å². The number of rotatable bonds is 5. The van der Waals surface area contributed by atoms with Crippen LogP contribution in [0.5, 0.6) is 0 Å². The molecule has 3 rings (SSSR count). The molecule has 0 aromatic heterocycles. The number of carbonyl (C=O) groups is 2. The second-order valence-corrected chi connectivity index (χ2v) is 6.11. The molecule has 0 bridgehead atoms. The molecule has 4 nitrogen and oxygen atoms in total. The van der Waals surface area contributed by atoms with E-state index in [4.69, 9.17) is 0 Å². The van der Waals surface area contributed by atoms with Gasteiger partial charge in [0.05, 0.1) is 6.42 Å². The topological polar surface area (TPSA) is 58.2 Å². The van der Waals surface area contributed by atoms with Crippen molar-refractivity contribution < 1.29 is 9.59 Å². The lowest BCUT2D eigenvalue weighted by Gasteiger charge is -2.08. The summed E-state index contributed by atoms with van der Waals surface area (Å²) in [5, 5.41) is 5.71. The Bertz CT molecular complexity index is 903. The Morgan fingerprint density at radius 2 is 1.50 bits per heavy atom. The fraction of sp³-hybridized carbons (Fsp3) is 0.0909. The summed E-state index contributed by atoms with van der Waals surface area (Å²) in [7, 11) is 0. The van der Waals surface area contributed by atoms with Crippen LogP contribution in [0.4, 0.5) is 11.4 Å². The van der Waals surface area contributed by atoms with Gasteiger partial charge in [0, 0.05) is 16.9 Å². The van der Waals surface area contributed by atoms with E-state index in [1.54, 1.807) is 24.3 Å². The Kier molecular flexibility index (Phi) is 5.44. The maximum atomic E-state index is 12.3. The molecule has 130 valence electrons. The van der Waals surface area contributed by atoms with Gasteiger partial charge < -0.3 is 10.6 Å². The lowest BCUT2D eigenvalue weighted by molar-refractivity contribution is -0.115. The lowest BCUT2D eigenvalue weighted by atomic mass is 10.1. The van der Waals surface area contributed by atoms with Crippen molar-refractivity contribution in [3.05, 3.63) is 95.6 Å². The molecular formula is C22H20N2O2. The summed E-state index contributed by atoms with van der Waals surface area (Å²) in [5.74, 6) is -0.272. The number of aryl methyl sites for hydroxylation is 1. The summed E-state index contributed by atoms with van der Waals surface area (Å²) in [6.45, 7) is 1.97. The molecule has 0 aliphatic carbocycles. The molecule has 0 radical (unpaired) electrons. The van der Waals surface area contributed by atoms with E-state index in [0.717, 1.165) is 16.8 Å².